The zero-order chi connectivity index (χ0) is 19.8. The number of amides is 1. The van der Waals surface area contributed by atoms with Crippen molar-refractivity contribution in [3.63, 3.8) is 0 Å². The third kappa shape index (κ3) is 3.95. The second kappa shape index (κ2) is 7.03. The van der Waals surface area contributed by atoms with E-state index in [2.05, 4.69) is 10.3 Å². The second-order valence-corrected chi connectivity index (χ2v) is 5.94. The summed E-state index contributed by atoms with van der Waals surface area (Å²) >= 11 is 5.77. The summed E-state index contributed by atoms with van der Waals surface area (Å²) in [5.74, 6) is -2.69. The third-order valence-corrected chi connectivity index (χ3v) is 4.02. The molecule has 1 heterocycles. The van der Waals surface area contributed by atoms with E-state index in [0.29, 0.717) is 11.3 Å². The van der Waals surface area contributed by atoms with Crippen LogP contribution in [0.2, 0.25) is 5.02 Å². The fourth-order valence-corrected chi connectivity index (χ4v) is 2.58. The van der Waals surface area contributed by atoms with Crippen LogP contribution in [0.5, 0.6) is 0 Å². The molecule has 0 aliphatic rings. The Morgan fingerprint density at radius 1 is 1.15 bits per heavy atom. The molecule has 1 aromatic heterocycles. The van der Waals surface area contributed by atoms with Gasteiger partial charge in [-0.15, -0.1) is 0 Å². The van der Waals surface area contributed by atoms with Crippen LogP contribution in [0, 0.1) is 12.7 Å². The van der Waals surface area contributed by atoms with Gasteiger partial charge in [0.15, 0.2) is 5.76 Å². The maximum atomic E-state index is 13.4. The number of halogens is 5. The normalized spacial score (nSPS) is 11.5. The summed E-state index contributed by atoms with van der Waals surface area (Å²) in [6.45, 7) is 1.40. The van der Waals surface area contributed by atoms with E-state index in [9.17, 15) is 22.4 Å². The molecule has 0 fully saturated rings. The highest BCUT2D eigenvalue weighted by Crippen LogP contribution is 2.34. The van der Waals surface area contributed by atoms with Gasteiger partial charge in [-0.25, -0.2) is 9.37 Å². The Labute approximate surface area is 155 Å². The van der Waals surface area contributed by atoms with Crippen LogP contribution in [-0.2, 0) is 6.18 Å². The molecule has 0 aliphatic carbocycles. The Balaban J connectivity index is 1.81. The first-order valence-corrected chi connectivity index (χ1v) is 7.95. The largest absolute Gasteiger partial charge is 0.468 e. The number of aromatic nitrogens is 1. The molecular weight excluding hydrogens is 388 g/mol. The van der Waals surface area contributed by atoms with Crippen LogP contribution in [0.3, 0.4) is 0 Å². The molecule has 140 valence electrons. The summed E-state index contributed by atoms with van der Waals surface area (Å²) < 4.78 is 56.3. The van der Waals surface area contributed by atoms with Crippen molar-refractivity contribution < 1.29 is 26.8 Å². The van der Waals surface area contributed by atoms with E-state index >= 15 is 0 Å². The van der Waals surface area contributed by atoms with Crippen molar-refractivity contribution in [2.24, 2.45) is 0 Å². The average Bonchev–Trinajstić information content (AvgIpc) is 3.00. The van der Waals surface area contributed by atoms with Crippen LogP contribution in [-0.4, -0.2) is 10.9 Å². The van der Waals surface area contributed by atoms with Gasteiger partial charge in [0.2, 0.25) is 0 Å². The fraction of sp³-hybridized carbons (Fsp3) is 0.111. The van der Waals surface area contributed by atoms with E-state index in [4.69, 9.17) is 16.0 Å². The zero-order valence-electron chi connectivity index (χ0n) is 13.7. The first-order valence-electron chi connectivity index (χ1n) is 7.57. The Bertz CT molecular complexity index is 998. The van der Waals surface area contributed by atoms with Gasteiger partial charge >= 0.3 is 12.1 Å². The lowest BCUT2D eigenvalue weighted by Gasteiger charge is -2.08. The number of aryl methyl sites for hydroxylation is 1. The summed E-state index contributed by atoms with van der Waals surface area (Å²) in [6.07, 6.45) is -4.68. The van der Waals surface area contributed by atoms with E-state index < -0.39 is 23.8 Å². The fourth-order valence-electron chi connectivity index (χ4n) is 2.37. The van der Waals surface area contributed by atoms with Gasteiger partial charge < -0.3 is 9.73 Å². The lowest BCUT2D eigenvalue weighted by molar-refractivity contribution is -0.156. The number of hydrogen-bond donors (Lipinski definition) is 1. The van der Waals surface area contributed by atoms with E-state index in [1.807, 2.05) is 0 Å². The smallest absolute Gasteiger partial charge is 0.433 e. The van der Waals surface area contributed by atoms with Crippen molar-refractivity contribution in [2.45, 2.75) is 13.1 Å². The van der Waals surface area contributed by atoms with Crippen LogP contribution in [0.15, 0.2) is 46.9 Å². The van der Waals surface area contributed by atoms with Crippen LogP contribution < -0.4 is 5.32 Å². The predicted octanol–water partition coefficient (Wildman–Crippen LogP) is 5.71. The van der Waals surface area contributed by atoms with E-state index in [1.54, 1.807) is 0 Å². The van der Waals surface area contributed by atoms with Gasteiger partial charge in [-0.2, -0.15) is 13.2 Å². The predicted molar refractivity (Wildman–Crippen MR) is 91.0 cm³/mol. The molecule has 0 bridgehead atoms. The van der Waals surface area contributed by atoms with E-state index in [0.717, 1.165) is 6.07 Å². The van der Waals surface area contributed by atoms with Gasteiger partial charge in [0, 0.05) is 11.3 Å². The van der Waals surface area contributed by atoms with Crippen LogP contribution in [0.25, 0.3) is 11.3 Å². The summed E-state index contributed by atoms with van der Waals surface area (Å²) in [4.78, 5) is 15.6. The first-order chi connectivity index (χ1) is 12.7. The number of carbonyl (C=O) groups is 1. The Kier molecular flexibility index (Phi) is 4.93. The molecule has 0 aliphatic heterocycles. The van der Waals surface area contributed by atoms with Crippen molar-refractivity contribution in [2.75, 3.05) is 5.32 Å². The SMILES string of the molecule is Cc1nc(C(F)(F)F)oc1-c1ccc(NC(=O)c2cccc(F)c2Cl)cc1. The van der Waals surface area contributed by atoms with Gasteiger partial charge in [0.25, 0.3) is 5.91 Å². The van der Waals surface area contributed by atoms with Crippen molar-refractivity contribution in [3.05, 3.63) is 70.5 Å². The van der Waals surface area contributed by atoms with Gasteiger partial charge in [0.05, 0.1) is 16.3 Å². The third-order valence-electron chi connectivity index (χ3n) is 3.64. The molecule has 2 aromatic carbocycles. The highest BCUT2D eigenvalue weighted by molar-refractivity contribution is 6.34. The lowest BCUT2D eigenvalue weighted by Crippen LogP contribution is -2.12. The quantitative estimate of drug-likeness (QED) is 0.574. The molecule has 0 saturated carbocycles. The zero-order valence-corrected chi connectivity index (χ0v) is 14.5. The molecule has 3 rings (SSSR count). The van der Waals surface area contributed by atoms with Crippen molar-refractivity contribution in [1.82, 2.24) is 4.98 Å². The molecule has 1 amide bonds. The lowest BCUT2D eigenvalue weighted by atomic mass is 10.1. The molecule has 0 spiro atoms. The summed E-state index contributed by atoms with van der Waals surface area (Å²) in [5.41, 5.74) is 0.752. The van der Waals surface area contributed by atoms with Crippen molar-refractivity contribution in [1.29, 1.82) is 0 Å². The molecule has 0 radical (unpaired) electrons. The number of alkyl halides is 3. The molecular formula is C18H11ClF4N2O2. The highest BCUT2D eigenvalue weighted by Gasteiger charge is 2.38. The Hall–Kier alpha value is -2.87. The van der Waals surface area contributed by atoms with Crippen LogP contribution in [0.4, 0.5) is 23.2 Å². The number of anilines is 1. The number of benzene rings is 2. The van der Waals surface area contributed by atoms with Crippen LogP contribution in [0.1, 0.15) is 21.9 Å². The van der Waals surface area contributed by atoms with Gasteiger partial charge in [-0.05, 0) is 43.3 Å². The minimum Gasteiger partial charge on any atom is -0.433 e. The van der Waals surface area contributed by atoms with Gasteiger partial charge in [0.1, 0.15) is 5.82 Å². The minimum atomic E-state index is -4.68. The summed E-state index contributed by atoms with van der Waals surface area (Å²) in [5, 5.41) is 2.23. The molecule has 9 heteroatoms. The number of carbonyl (C=O) groups excluding carboxylic acids is 1. The minimum absolute atomic E-state index is 0.0200. The maximum absolute atomic E-state index is 13.4. The van der Waals surface area contributed by atoms with Crippen molar-refractivity contribution >= 4 is 23.2 Å². The second-order valence-electron chi connectivity index (χ2n) is 5.56. The standard InChI is InChI=1S/C18H11ClF4N2O2/c1-9-15(27-17(24-9)18(21,22)23)10-5-7-11(8-6-10)25-16(26)12-3-2-4-13(20)14(12)19/h2-8H,1H3,(H,25,26). The Morgan fingerprint density at radius 2 is 1.81 bits per heavy atom. The average molecular weight is 399 g/mol. The van der Waals surface area contributed by atoms with Crippen LogP contribution >= 0.6 is 11.6 Å². The van der Waals surface area contributed by atoms with Gasteiger partial charge in [-0.1, -0.05) is 17.7 Å². The molecule has 4 nitrogen and oxygen atoms in total. The van der Waals surface area contributed by atoms with Gasteiger partial charge in [-0.3, -0.25) is 4.79 Å². The highest BCUT2D eigenvalue weighted by atomic mass is 35.5. The molecule has 0 unspecified atom stereocenters. The maximum Gasteiger partial charge on any atom is 0.468 e. The Morgan fingerprint density at radius 3 is 2.41 bits per heavy atom. The molecule has 1 N–H and O–H groups in total. The number of oxazole rings is 1. The van der Waals surface area contributed by atoms with E-state index in [-0.39, 0.29) is 22.0 Å². The monoisotopic (exact) mass is 398 g/mol. The number of nitrogens with one attached hydrogen (secondary N) is 1. The first kappa shape index (κ1) is 18.9. The number of nitrogens with zero attached hydrogens (tertiary/aromatic N) is 1. The number of hydrogen-bond acceptors (Lipinski definition) is 3. The molecule has 27 heavy (non-hydrogen) atoms. The topological polar surface area (TPSA) is 55.1 Å². The summed E-state index contributed by atoms with van der Waals surface area (Å²) in [6, 6.07) is 9.72. The van der Waals surface area contributed by atoms with E-state index in [1.165, 1.54) is 43.3 Å². The number of rotatable bonds is 3. The molecule has 0 atom stereocenters. The van der Waals surface area contributed by atoms with Crippen molar-refractivity contribution in [3.8, 4) is 11.3 Å². The molecule has 3 aromatic rings. The summed E-state index contributed by atoms with van der Waals surface area (Å²) in [7, 11) is 0. The molecule has 0 saturated heterocycles.